The van der Waals surface area contributed by atoms with Gasteiger partial charge in [-0.25, -0.2) is 0 Å². The monoisotopic (exact) mass is 117 g/mol. The van der Waals surface area contributed by atoms with Crippen LogP contribution < -0.4 is 11.1 Å². The molecular formula is C4H9N2S. The summed E-state index contributed by atoms with van der Waals surface area (Å²) in [5, 5.41) is 2.82. The Kier molecular flexibility index (Phi) is 2.67. The van der Waals surface area contributed by atoms with E-state index in [4.69, 9.17) is 5.73 Å². The zero-order chi connectivity index (χ0) is 5.86. The van der Waals surface area contributed by atoms with Crippen molar-refractivity contribution in [3.05, 3.63) is 0 Å². The van der Waals surface area contributed by atoms with Crippen molar-refractivity contribution < 1.29 is 0 Å². The minimum absolute atomic E-state index is 0.120. The Balaban J connectivity index is 3.13. The predicted octanol–water partition coefficient (Wildman–Crippen LogP) is 0.552. The fourth-order valence-electron chi connectivity index (χ4n) is 0.262. The van der Waals surface area contributed by atoms with Gasteiger partial charge in [-0.3, -0.25) is 5.73 Å². The van der Waals surface area contributed by atoms with Crippen molar-refractivity contribution in [2.24, 2.45) is 0 Å². The van der Waals surface area contributed by atoms with Gasteiger partial charge in [0, 0.05) is 6.04 Å². The van der Waals surface area contributed by atoms with Crippen LogP contribution >= 0.6 is 12.2 Å². The zero-order valence-corrected chi connectivity index (χ0v) is 5.30. The van der Waals surface area contributed by atoms with Crippen molar-refractivity contribution in [2.75, 3.05) is 0 Å². The van der Waals surface area contributed by atoms with Gasteiger partial charge < -0.3 is 5.32 Å². The van der Waals surface area contributed by atoms with Crippen LogP contribution in [0.2, 0.25) is 0 Å². The van der Waals surface area contributed by atoms with E-state index in [1.165, 1.54) is 0 Å². The molecule has 0 amide bonds. The lowest BCUT2D eigenvalue weighted by Gasteiger charge is -2.03. The maximum absolute atomic E-state index is 6.73. The van der Waals surface area contributed by atoms with Crippen LogP contribution in [0.25, 0.3) is 0 Å². The van der Waals surface area contributed by atoms with Gasteiger partial charge in [0.05, 0.1) is 0 Å². The third-order valence-corrected chi connectivity index (χ3v) is 0.538. The van der Waals surface area contributed by atoms with Crippen molar-refractivity contribution in [3.63, 3.8) is 0 Å². The Labute approximate surface area is 49.1 Å². The average molecular weight is 117 g/mol. The molecule has 0 fully saturated rings. The topological polar surface area (TPSA) is 35.8 Å². The second kappa shape index (κ2) is 2.80. The third kappa shape index (κ3) is 5.69. The first kappa shape index (κ1) is 6.69. The molecule has 0 saturated heterocycles. The lowest BCUT2D eigenvalue weighted by Crippen LogP contribution is -2.28. The van der Waals surface area contributed by atoms with Crippen molar-refractivity contribution >= 4 is 17.3 Å². The molecule has 0 rings (SSSR count). The molecule has 1 radical (unpaired) electrons. The third-order valence-electron chi connectivity index (χ3n) is 0.420. The molecule has 0 aliphatic carbocycles. The minimum atomic E-state index is 0.120. The Morgan fingerprint density at radius 1 is 1.71 bits per heavy atom. The van der Waals surface area contributed by atoms with Crippen molar-refractivity contribution in [1.82, 2.24) is 11.1 Å². The molecule has 2 N–H and O–H groups in total. The summed E-state index contributed by atoms with van der Waals surface area (Å²) in [7, 11) is 0. The van der Waals surface area contributed by atoms with E-state index in [-0.39, 0.29) is 5.11 Å². The number of hydrogen-bond donors (Lipinski definition) is 1. The van der Waals surface area contributed by atoms with Crippen LogP contribution in [0.1, 0.15) is 13.8 Å². The molecule has 0 unspecified atom stereocenters. The van der Waals surface area contributed by atoms with Gasteiger partial charge in [-0.15, -0.1) is 0 Å². The highest BCUT2D eigenvalue weighted by Gasteiger charge is 1.89. The van der Waals surface area contributed by atoms with E-state index in [1.807, 2.05) is 13.8 Å². The van der Waals surface area contributed by atoms with Gasteiger partial charge in [-0.05, 0) is 26.1 Å². The average Bonchev–Trinajstić information content (AvgIpc) is 1.27. The quantitative estimate of drug-likeness (QED) is 0.509. The van der Waals surface area contributed by atoms with Crippen molar-refractivity contribution in [2.45, 2.75) is 19.9 Å². The Morgan fingerprint density at radius 3 is 2.14 bits per heavy atom. The molecule has 2 nitrogen and oxygen atoms in total. The molecule has 0 heterocycles. The second-order valence-electron chi connectivity index (χ2n) is 1.63. The maximum Gasteiger partial charge on any atom is 0.185 e. The fraction of sp³-hybridized carbons (Fsp3) is 0.750. The molecule has 0 atom stereocenters. The van der Waals surface area contributed by atoms with Crippen LogP contribution in [0.5, 0.6) is 0 Å². The molecule has 0 aromatic heterocycles. The molecule has 0 aromatic carbocycles. The van der Waals surface area contributed by atoms with E-state index in [9.17, 15) is 0 Å². The number of rotatable bonds is 1. The van der Waals surface area contributed by atoms with Gasteiger partial charge >= 0.3 is 0 Å². The molecule has 3 heteroatoms. The second-order valence-corrected chi connectivity index (χ2v) is 2.04. The maximum atomic E-state index is 6.73. The van der Waals surface area contributed by atoms with Gasteiger partial charge in [-0.2, -0.15) is 0 Å². The summed E-state index contributed by atoms with van der Waals surface area (Å²) < 4.78 is 0. The van der Waals surface area contributed by atoms with E-state index >= 15 is 0 Å². The highest BCUT2D eigenvalue weighted by molar-refractivity contribution is 7.80. The molecule has 0 aliphatic rings. The van der Waals surface area contributed by atoms with Crippen LogP contribution in [-0.4, -0.2) is 11.2 Å². The molecule has 0 spiro atoms. The normalized spacial score (nSPS) is 9.00. The van der Waals surface area contributed by atoms with E-state index in [0.29, 0.717) is 6.04 Å². The van der Waals surface area contributed by atoms with Gasteiger partial charge in [-0.1, -0.05) is 0 Å². The molecule has 0 aliphatic heterocycles. The largest absolute Gasteiger partial charge is 0.359 e. The standard InChI is InChI=1S/C4H9N2S/c1-3(2)6-4(5)7/h3,5H,1-2H3,(H,6,7). The van der Waals surface area contributed by atoms with Crippen molar-refractivity contribution in [1.29, 1.82) is 0 Å². The first-order valence-corrected chi connectivity index (χ1v) is 2.56. The summed E-state index contributed by atoms with van der Waals surface area (Å²) in [6, 6.07) is 0.296. The molecule has 0 saturated carbocycles. The summed E-state index contributed by atoms with van der Waals surface area (Å²) in [5.74, 6) is 0. The first-order chi connectivity index (χ1) is 3.13. The molecule has 0 bridgehead atoms. The molecule has 0 aromatic rings. The number of hydrogen-bond acceptors (Lipinski definition) is 1. The lowest BCUT2D eigenvalue weighted by atomic mass is 10.4. The van der Waals surface area contributed by atoms with Crippen LogP contribution in [-0.2, 0) is 0 Å². The highest BCUT2D eigenvalue weighted by Crippen LogP contribution is 1.73. The van der Waals surface area contributed by atoms with E-state index in [1.54, 1.807) is 0 Å². The summed E-state index contributed by atoms with van der Waals surface area (Å²) in [5.41, 5.74) is 6.73. The number of nitrogens with one attached hydrogen (secondary N) is 2. The van der Waals surface area contributed by atoms with Gasteiger partial charge in [0.2, 0.25) is 0 Å². The van der Waals surface area contributed by atoms with Crippen LogP contribution in [0, 0.1) is 0 Å². The van der Waals surface area contributed by atoms with Crippen molar-refractivity contribution in [3.8, 4) is 0 Å². The Hall–Kier alpha value is -0.310. The lowest BCUT2D eigenvalue weighted by molar-refractivity contribution is 0.735. The predicted molar refractivity (Wildman–Crippen MR) is 34.0 cm³/mol. The summed E-state index contributed by atoms with van der Waals surface area (Å²) in [6.45, 7) is 3.89. The summed E-state index contributed by atoms with van der Waals surface area (Å²) in [6.07, 6.45) is 0. The van der Waals surface area contributed by atoms with Gasteiger partial charge in [0.15, 0.2) is 5.11 Å². The van der Waals surface area contributed by atoms with E-state index < -0.39 is 0 Å². The van der Waals surface area contributed by atoms with E-state index in [2.05, 4.69) is 17.5 Å². The summed E-state index contributed by atoms with van der Waals surface area (Å²) in [4.78, 5) is 0. The Morgan fingerprint density at radius 2 is 2.14 bits per heavy atom. The van der Waals surface area contributed by atoms with Crippen LogP contribution in [0.3, 0.4) is 0 Å². The minimum Gasteiger partial charge on any atom is -0.359 e. The highest BCUT2D eigenvalue weighted by atomic mass is 32.1. The van der Waals surface area contributed by atoms with Gasteiger partial charge in [0.1, 0.15) is 0 Å². The van der Waals surface area contributed by atoms with E-state index in [0.717, 1.165) is 0 Å². The molecule has 7 heavy (non-hydrogen) atoms. The van der Waals surface area contributed by atoms with Crippen LogP contribution in [0.15, 0.2) is 0 Å². The Bertz CT molecular complexity index is 70.1. The summed E-state index contributed by atoms with van der Waals surface area (Å²) >= 11 is 4.43. The molecule has 41 valence electrons. The molecular weight excluding hydrogens is 108 g/mol. The SMILES string of the molecule is CC(C)NC([NH])=S. The smallest absolute Gasteiger partial charge is 0.185 e. The fourth-order valence-corrected chi connectivity index (χ4v) is 0.498. The van der Waals surface area contributed by atoms with Crippen LogP contribution in [0.4, 0.5) is 0 Å². The first-order valence-electron chi connectivity index (χ1n) is 2.15. The number of thiocarbonyl (C=S) groups is 1. The van der Waals surface area contributed by atoms with Gasteiger partial charge in [0.25, 0.3) is 0 Å². The zero-order valence-electron chi connectivity index (χ0n) is 4.49.